The minimum atomic E-state index is -0.892. The molecule has 1 saturated heterocycles. The molecule has 10 heteroatoms. The molecule has 1 aromatic heterocycles. The second-order valence-electron chi connectivity index (χ2n) is 8.88. The molecule has 2 aliphatic heterocycles. The second kappa shape index (κ2) is 11.2. The van der Waals surface area contributed by atoms with Crippen molar-refractivity contribution in [2.45, 2.75) is 12.5 Å². The molecule has 2 amide bonds. The van der Waals surface area contributed by atoms with Crippen LogP contribution in [0.5, 0.6) is 5.75 Å². The van der Waals surface area contributed by atoms with Crippen LogP contribution in [0.2, 0.25) is 0 Å². The number of aromatic amines is 1. The third kappa shape index (κ3) is 5.97. The lowest BCUT2D eigenvalue weighted by Gasteiger charge is -2.24. The van der Waals surface area contributed by atoms with E-state index >= 15 is 0 Å². The molecule has 1 unspecified atom stereocenters. The first-order valence-corrected chi connectivity index (χ1v) is 12.2. The fraction of sp³-hybridized carbons (Fsp3) is 0.333. The molecule has 0 aliphatic carbocycles. The number of hydrogen-bond acceptors (Lipinski definition) is 7. The van der Waals surface area contributed by atoms with E-state index in [1.807, 2.05) is 42.5 Å². The third-order valence-electron chi connectivity index (χ3n) is 6.25. The predicted octanol–water partition coefficient (Wildman–Crippen LogP) is 1.23. The molecule has 0 spiro atoms. The van der Waals surface area contributed by atoms with E-state index in [0.29, 0.717) is 30.2 Å². The molecule has 0 radical (unpaired) electrons. The summed E-state index contributed by atoms with van der Waals surface area (Å²) in [4.78, 5) is 34.0. The van der Waals surface area contributed by atoms with Gasteiger partial charge in [-0.15, -0.1) is 5.10 Å². The van der Waals surface area contributed by atoms with Crippen molar-refractivity contribution in [3.05, 3.63) is 71.3 Å². The van der Waals surface area contributed by atoms with E-state index in [2.05, 4.69) is 37.2 Å². The highest BCUT2D eigenvalue weighted by molar-refractivity contribution is 6.02. The van der Waals surface area contributed by atoms with Gasteiger partial charge in [0.2, 0.25) is 5.82 Å². The summed E-state index contributed by atoms with van der Waals surface area (Å²) in [6.45, 7) is 3.86. The van der Waals surface area contributed by atoms with Crippen molar-refractivity contribution in [2.75, 3.05) is 51.4 Å². The number of anilines is 1. The normalized spacial score (nSPS) is 17.7. The zero-order chi connectivity index (χ0) is 25.6. The topological polar surface area (TPSA) is 113 Å². The molecular formula is C27H28N6O4. The van der Waals surface area contributed by atoms with Crippen LogP contribution in [-0.4, -0.2) is 84.4 Å². The van der Waals surface area contributed by atoms with Crippen molar-refractivity contribution < 1.29 is 19.1 Å². The summed E-state index contributed by atoms with van der Waals surface area (Å²) >= 11 is 0. The number of fused-ring (bicyclic) bond motifs is 1. The van der Waals surface area contributed by atoms with Gasteiger partial charge in [0.15, 0.2) is 0 Å². The summed E-state index contributed by atoms with van der Waals surface area (Å²) in [6.07, 6.45) is 0.516. The Hall–Kier alpha value is -4.20. The highest BCUT2D eigenvalue weighted by Gasteiger charge is 2.31. The molecule has 1 fully saturated rings. The Bertz CT molecular complexity index is 1320. The van der Waals surface area contributed by atoms with Crippen molar-refractivity contribution in [3.8, 4) is 17.6 Å². The molecule has 3 aromatic rings. The SMILES string of the molecule is CN1C(=O)C(NC(=O)c2n[nH]c(Cc3ccccc3)n2)COc2ccc(C#CCN3CCOCC3)cc21. The lowest BCUT2D eigenvalue weighted by atomic mass is 10.1. The highest BCUT2D eigenvalue weighted by atomic mass is 16.5. The van der Waals surface area contributed by atoms with Gasteiger partial charge in [-0.25, -0.2) is 4.98 Å². The number of H-pyrrole nitrogens is 1. The van der Waals surface area contributed by atoms with E-state index in [0.717, 1.165) is 37.4 Å². The fourth-order valence-electron chi connectivity index (χ4n) is 4.18. The maximum atomic E-state index is 13.2. The number of amides is 2. The van der Waals surface area contributed by atoms with Crippen LogP contribution >= 0.6 is 0 Å². The summed E-state index contributed by atoms with van der Waals surface area (Å²) < 4.78 is 11.2. The summed E-state index contributed by atoms with van der Waals surface area (Å²) in [5.41, 5.74) is 2.43. The Morgan fingerprint density at radius 2 is 2.00 bits per heavy atom. The molecule has 0 saturated carbocycles. The molecule has 190 valence electrons. The van der Waals surface area contributed by atoms with Crippen molar-refractivity contribution >= 4 is 17.5 Å². The van der Waals surface area contributed by atoms with Crippen LogP contribution in [0.1, 0.15) is 27.6 Å². The summed E-state index contributed by atoms with van der Waals surface area (Å²) in [7, 11) is 1.66. The molecule has 5 rings (SSSR count). The van der Waals surface area contributed by atoms with Crippen LogP contribution in [0, 0.1) is 11.8 Å². The first-order chi connectivity index (χ1) is 18.1. The second-order valence-corrected chi connectivity index (χ2v) is 8.88. The number of nitrogens with zero attached hydrogens (tertiary/aromatic N) is 4. The minimum absolute atomic E-state index is 0.00867. The van der Waals surface area contributed by atoms with Crippen molar-refractivity contribution in [3.63, 3.8) is 0 Å². The number of ether oxygens (including phenoxy) is 2. The average molecular weight is 501 g/mol. The number of aromatic nitrogens is 3. The van der Waals surface area contributed by atoms with Gasteiger partial charge >= 0.3 is 0 Å². The van der Waals surface area contributed by atoms with Gasteiger partial charge in [0.1, 0.15) is 24.2 Å². The minimum Gasteiger partial charge on any atom is -0.489 e. The van der Waals surface area contributed by atoms with Crippen LogP contribution in [0.3, 0.4) is 0 Å². The Balaban J connectivity index is 1.22. The lowest BCUT2D eigenvalue weighted by molar-refractivity contribution is -0.120. The van der Waals surface area contributed by atoms with E-state index in [9.17, 15) is 9.59 Å². The third-order valence-corrected chi connectivity index (χ3v) is 6.25. The van der Waals surface area contributed by atoms with E-state index in [1.54, 1.807) is 13.1 Å². The highest BCUT2D eigenvalue weighted by Crippen LogP contribution is 2.31. The quantitative estimate of drug-likeness (QED) is 0.507. The zero-order valence-electron chi connectivity index (χ0n) is 20.6. The summed E-state index contributed by atoms with van der Waals surface area (Å²) in [6, 6.07) is 14.4. The van der Waals surface area contributed by atoms with Crippen molar-refractivity contribution in [2.24, 2.45) is 0 Å². The Kier molecular flexibility index (Phi) is 7.44. The van der Waals surface area contributed by atoms with Crippen LogP contribution in [0.15, 0.2) is 48.5 Å². The monoisotopic (exact) mass is 500 g/mol. The number of nitrogens with one attached hydrogen (secondary N) is 2. The van der Waals surface area contributed by atoms with Crippen LogP contribution in [0.25, 0.3) is 0 Å². The largest absolute Gasteiger partial charge is 0.489 e. The number of carbonyl (C=O) groups excluding carboxylic acids is 2. The molecule has 2 aliphatic rings. The van der Waals surface area contributed by atoms with E-state index in [1.165, 1.54) is 4.90 Å². The maximum absolute atomic E-state index is 13.2. The molecular weight excluding hydrogens is 472 g/mol. The number of benzene rings is 2. The van der Waals surface area contributed by atoms with Gasteiger partial charge in [0, 0.05) is 32.1 Å². The van der Waals surface area contributed by atoms with Gasteiger partial charge in [-0.2, -0.15) is 0 Å². The molecule has 1 atom stereocenters. The standard InChI is InChI=1S/C27H28N6O4/c1-32-22-16-20(8-5-11-33-12-14-36-15-13-33)9-10-23(22)37-18-21(27(32)35)28-26(34)25-29-24(30-31-25)17-19-6-3-2-4-7-19/h2-4,6-7,9-10,16,21H,11-15,17-18H2,1H3,(H,28,34)(H,29,30,31). The number of morpholine rings is 1. The van der Waals surface area contributed by atoms with E-state index in [4.69, 9.17) is 9.47 Å². The predicted molar refractivity (Wildman–Crippen MR) is 136 cm³/mol. The average Bonchev–Trinajstić information content (AvgIpc) is 3.36. The van der Waals surface area contributed by atoms with Gasteiger partial charge in [-0.05, 0) is 23.8 Å². The van der Waals surface area contributed by atoms with Gasteiger partial charge in [-0.1, -0.05) is 42.2 Å². The number of hydrogen-bond donors (Lipinski definition) is 2. The van der Waals surface area contributed by atoms with Gasteiger partial charge in [0.25, 0.3) is 11.8 Å². The Labute approximate surface area is 215 Å². The number of likely N-dealkylation sites (N-methyl/N-ethyl adjacent to an activating group) is 1. The molecule has 2 aromatic carbocycles. The maximum Gasteiger partial charge on any atom is 0.291 e. The number of carbonyl (C=O) groups is 2. The molecule has 0 bridgehead atoms. The number of rotatable bonds is 5. The van der Waals surface area contributed by atoms with Crippen LogP contribution in [0.4, 0.5) is 5.69 Å². The van der Waals surface area contributed by atoms with Crippen LogP contribution in [-0.2, 0) is 16.0 Å². The fourth-order valence-corrected chi connectivity index (χ4v) is 4.18. The van der Waals surface area contributed by atoms with Gasteiger partial charge in [-0.3, -0.25) is 19.6 Å². The first kappa shape index (κ1) is 24.5. The first-order valence-electron chi connectivity index (χ1n) is 12.2. The summed E-state index contributed by atoms with van der Waals surface area (Å²) in [5.74, 6) is 6.59. The zero-order valence-corrected chi connectivity index (χ0v) is 20.6. The molecule has 10 nitrogen and oxygen atoms in total. The molecule has 3 heterocycles. The van der Waals surface area contributed by atoms with Crippen molar-refractivity contribution in [1.82, 2.24) is 25.4 Å². The van der Waals surface area contributed by atoms with Crippen molar-refractivity contribution in [1.29, 1.82) is 0 Å². The Morgan fingerprint density at radius 3 is 2.81 bits per heavy atom. The van der Waals surface area contributed by atoms with Crippen LogP contribution < -0.4 is 15.0 Å². The van der Waals surface area contributed by atoms with Gasteiger partial charge < -0.3 is 19.7 Å². The lowest BCUT2D eigenvalue weighted by Crippen LogP contribution is -2.49. The van der Waals surface area contributed by atoms with E-state index in [-0.39, 0.29) is 18.3 Å². The Morgan fingerprint density at radius 1 is 1.19 bits per heavy atom. The molecule has 2 N–H and O–H groups in total. The molecule has 37 heavy (non-hydrogen) atoms. The summed E-state index contributed by atoms with van der Waals surface area (Å²) in [5, 5.41) is 9.52. The van der Waals surface area contributed by atoms with Gasteiger partial charge in [0.05, 0.1) is 25.4 Å². The smallest absolute Gasteiger partial charge is 0.291 e. The van der Waals surface area contributed by atoms with E-state index < -0.39 is 11.9 Å².